The normalized spacial score (nSPS) is 10.5. The Kier molecular flexibility index (Phi) is 2.68. The molecule has 3 rings (SSSR count). The molecule has 4 nitrogen and oxygen atoms in total. The zero-order valence-corrected chi connectivity index (χ0v) is 9.87. The quantitative estimate of drug-likeness (QED) is 0.530. The topological polar surface area (TPSA) is 60.2 Å². The van der Waals surface area contributed by atoms with Gasteiger partial charge in [0.1, 0.15) is 5.52 Å². The second-order valence-electron chi connectivity index (χ2n) is 4.06. The minimum absolute atomic E-state index is 0.304. The highest BCUT2D eigenvalue weighted by molar-refractivity contribution is 6.49. The van der Waals surface area contributed by atoms with Gasteiger partial charge in [0.2, 0.25) is 11.6 Å². The Morgan fingerprint density at radius 2 is 1.63 bits per heavy atom. The molecule has 0 saturated heterocycles. The van der Waals surface area contributed by atoms with Gasteiger partial charge in [-0.05, 0) is 18.2 Å². The van der Waals surface area contributed by atoms with Crippen LogP contribution in [0.1, 0.15) is 20.7 Å². The van der Waals surface area contributed by atoms with E-state index in [1.54, 1.807) is 42.5 Å². The highest BCUT2D eigenvalue weighted by Crippen LogP contribution is 2.16. The summed E-state index contributed by atoms with van der Waals surface area (Å²) in [5, 5.41) is 0. The molecule has 0 fully saturated rings. The Morgan fingerprint density at radius 1 is 0.895 bits per heavy atom. The van der Waals surface area contributed by atoms with E-state index < -0.39 is 11.6 Å². The lowest BCUT2D eigenvalue weighted by Crippen LogP contribution is -2.14. The van der Waals surface area contributed by atoms with E-state index in [0.29, 0.717) is 22.2 Å². The zero-order chi connectivity index (χ0) is 13.2. The number of ketones is 2. The maximum atomic E-state index is 12.1. The van der Waals surface area contributed by atoms with Crippen LogP contribution in [0.2, 0.25) is 0 Å². The van der Waals surface area contributed by atoms with Crippen LogP contribution in [-0.4, -0.2) is 16.6 Å². The van der Waals surface area contributed by atoms with Gasteiger partial charge < -0.3 is 4.42 Å². The summed E-state index contributed by atoms with van der Waals surface area (Å²) in [5.74, 6) is -1.08. The molecule has 2 aromatic carbocycles. The summed E-state index contributed by atoms with van der Waals surface area (Å²) in [7, 11) is 0. The van der Waals surface area contributed by atoms with Crippen LogP contribution < -0.4 is 0 Å². The molecule has 1 aromatic heterocycles. The number of nitrogens with zero attached hydrogens (tertiary/aromatic N) is 1. The highest BCUT2D eigenvalue weighted by atomic mass is 16.3. The van der Waals surface area contributed by atoms with Crippen molar-refractivity contribution in [3.63, 3.8) is 0 Å². The predicted octanol–water partition coefficient (Wildman–Crippen LogP) is 2.89. The molecular formula is C15H9NO3. The maximum Gasteiger partial charge on any atom is 0.233 e. The van der Waals surface area contributed by atoms with Crippen LogP contribution >= 0.6 is 0 Å². The molecule has 0 unspecified atom stereocenters. The van der Waals surface area contributed by atoms with Gasteiger partial charge in [0.15, 0.2) is 12.0 Å². The Labute approximate surface area is 108 Å². The molecule has 0 saturated carbocycles. The third-order valence-corrected chi connectivity index (χ3v) is 2.84. The first-order valence-corrected chi connectivity index (χ1v) is 5.73. The lowest BCUT2D eigenvalue weighted by atomic mass is 10.0. The van der Waals surface area contributed by atoms with E-state index in [9.17, 15) is 9.59 Å². The molecule has 19 heavy (non-hydrogen) atoms. The number of carbonyl (C=O) groups is 2. The van der Waals surface area contributed by atoms with Gasteiger partial charge in [-0.25, -0.2) is 4.98 Å². The fourth-order valence-electron chi connectivity index (χ4n) is 1.85. The molecule has 0 aliphatic rings. The number of aromatic nitrogens is 1. The van der Waals surface area contributed by atoms with Crippen LogP contribution in [-0.2, 0) is 0 Å². The van der Waals surface area contributed by atoms with Crippen molar-refractivity contribution in [1.82, 2.24) is 4.98 Å². The van der Waals surface area contributed by atoms with Gasteiger partial charge in [-0.15, -0.1) is 0 Å². The molecule has 0 aliphatic carbocycles. The van der Waals surface area contributed by atoms with Crippen LogP contribution in [0, 0.1) is 0 Å². The summed E-state index contributed by atoms with van der Waals surface area (Å²) in [4.78, 5) is 28.1. The van der Waals surface area contributed by atoms with Crippen molar-refractivity contribution in [2.24, 2.45) is 0 Å². The number of oxazole rings is 1. The average Bonchev–Trinajstić information content (AvgIpc) is 2.94. The summed E-state index contributed by atoms with van der Waals surface area (Å²) in [5.41, 5.74) is 1.83. The standard InChI is InChI=1S/C15H9NO3/c17-14(10-4-2-1-3-5-10)15(18)11-6-7-12-13(8-11)19-9-16-12/h1-9H. The molecule has 0 spiro atoms. The Bertz CT molecular complexity index is 759. The molecule has 0 bridgehead atoms. The van der Waals surface area contributed by atoms with Gasteiger partial charge in [0, 0.05) is 11.1 Å². The van der Waals surface area contributed by atoms with Crippen molar-refractivity contribution in [1.29, 1.82) is 0 Å². The number of Topliss-reactive ketones (excluding diaryl/α,β-unsaturated/α-hetero) is 2. The van der Waals surface area contributed by atoms with Gasteiger partial charge in [-0.1, -0.05) is 30.3 Å². The number of fused-ring (bicyclic) bond motifs is 1. The number of benzene rings is 2. The summed E-state index contributed by atoms with van der Waals surface area (Å²) in [6.07, 6.45) is 1.30. The number of hydrogen-bond acceptors (Lipinski definition) is 4. The first kappa shape index (κ1) is 11.3. The minimum atomic E-state index is -0.551. The molecule has 3 aromatic rings. The van der Waals surface area contributed by atoms with Crippen molar-refractivity contribution in [3.05, 3.63) is 66.1 Å². The van der Waals surface area contributed by atoms with Gasteiger partial charge in [-0.3, -0.25) is 9.59 Å². The fraction of sp³-hybridized carbons (Fsp3) is 0. The van der Waals surface area contributed by atoms with Gasteiger partial charge in [0.25, 0.3) is 0 Å². The van der Waals surface area contributed by atoms with Crippen LogP contribution in [0.3, 0.4) is 0 Å². The van der Waals surface area contributed by atoms with Crippen LogP contribution in [0.5, 0.6) is 0 Å². The lowest BCUT2D eigenvalue weighted by Gasteiger charge is -2.00. The van der Waals surface area contributed by atoms with Gasteiger partial charge in [0.05, 0.1) is 0 Å². The molecule has 1 heterocycles. The first-order chi connectivity index (χ1) is 9.25. The van der Waals surface area contributed by atoms with E-state index in [2.05, 4.69) is 4.98 Å². The molecule has 0 N–H and O–H groups in total. The van der Waals surface area contributed by atoms with Crippen molar-refractivity contribution in [2.45, 2.75) is 0 Å². The maximum absolute atomic E-state index is 12.1. The second kappa shape index (κ2) is 4.49. The highest BCUT2D eigenvalue weighted by Gasteiger charge is 2.18. The SMILES string of the molecule is O=C(C(=O)c1ccc2ncoc2c1)c1ccccc1. The second-order valence-corrected chi connectivity index (χ2v) is 4.06. The molecular weight excluding hydrogens is 242 g/mol. The van der Waals surface area contributed by atoms with Crippen LogP contribution in [0.4, 0.5) is 0 Å². The lowest BCUT2D eigenvalue weighted by molar-refractivity contribution is 0.0817. The minimum Gasteiger partial charge on any atom is -0.443 e. The largest absolute Gasteiger partial charge is 0.443 e. The Hall–Kier alpha value is -2.75. The Morgan fingerprint density at radius 3 is 2.42 bits per heavy atom. The van der Waals surface area contributed by atoms with Crippen molar-refractivity contribution in [3.8, 4) is 0 Å². The number of rotatable bonds is 3. The van der Waals surface area contributed by atoms with Crippen LogP contribution in [0.25, 0.3) is 11.1 Å². The van der Waals surface area contributed by atoms with E-state index in [1.165, 1.54) is 12.5 Å². The van der Waals surface area contributed by atoms with E-state index >= 15 is 0 Å². The summed E-state index contributed by atoms with van der Waals surface area (Å²) in [6.45, 7) is 0. The van der Waals surface area contributed by atoms with Crippen molar-refractivity contribution < 1.29 is 14.0 Å². The van der Waals surface area contributed by atoms with E-state index in [-0.39, 0.29) is 0 Å². The third kappa shape index (κ3) is 2.04. The van der Waals surface area contributed by atoms with Gasteiger partial charge in [-0.2, -0.15) is 0 Å². The molecule has 92 valence electrons. The molecule has 0 aliphatic heterocycles. The Balaban J connectivity index is 1.97. The van der Waals surface area contributed by atoms with Gasteiger partial charge >= 0.3 is 0 Å². The predicted molar refractivity (Wildman–Crippen MR) is 69.1 cm³/mol. The smallest absolute Gasteiger partial charge is 0.233 e. The van der Waals surface area contributed by atoms with E-state index in [4.69, 9.17) is 4.42 Å². The van der Waals surface area contributed by atoms with E-state index in [1.807, 2.05) is 0 Å². The first-order valence-electron chi connectivity index (χ1n) is 5.73. The number of carbonyl (C=O) groups excluding carboxylic acids is 2. The average molecular weight is 251 g/mol. The monoisotopic (exact) mass is 251 g/mol. The van der Waals surface area contributed by atoms with Crippen LogP contribution in [0.15, 0.2) is 59.3 Å². The third-order valence-electron chi connectivity index (χ3n) is 2.84. The summed E-state index contributed by atoms with van der Waals surface area (Å²) in [6, 6.07) is 13.2. The summed E-state index contributed by atoms with van der Waals surface area (Å²) >= 11 is 0. The molecule has 4 heteroatoms. The molecule has 0 radical (unpaired) electrons. The van der Waals surface area contributed by atoms with Crippen molar-refractivity contribution >= 4 is 22.7 Å². The zero-order valence-electron chi connectivity index (χ0n) is 9.87. The molecule has 0 amide bonds. The van der Waals surface area contributed by atoms with E-state index in [0.717, 1.165) is 0 Å². The molecule has 0 atom stereocenters. The van der Waals surface area contributed by atoms with Crippen molar-refractivity contribution in [2.75, 3.05) is 0 Å². The summed E-state index contributed by atoms with van der Waals surface area (Å²) < 4.78 is 5.12. The number of hydrogen-bond donors (Lipinski definition) is 0. The fourth-order valence-corrected chi connectivity index (χ4v) is 1.85.